The summed E-state index contributed by atoms with van der Waals surface area (Å²) in [5, 5.41) is 0. The highest BCUT2D eigenvalue weighted by molar-refractivity contribution is 5.33. The van der Waals surface area contributed by atoms with Crippen LogP contribution in [0, 0.1) is 0 Å². The molecule has 1 rings (SSSR count). The summed E-state index contributed by atoms with van der Waals surface area (Å²) in [5.74, 6) is 0. The third kappa shape index (κ3) is 2.88. The molecule has 0 bridgehead atoms. The van der Waals surface area contributed by atoms with Gasteiger partial charge in [0.05, 0.1) is 11.1 Å². The summed E-state index contributed by atoms with van der Waals surface area (Å²) in [7, 11) is 0. The predicted octanol–water partition coefficient (Wildman–Crippen LogP) is 3.51. The molecule has 0 unspecified atom stereocenters. The number of nitrogens with one attached hydrogen (secondary N) is 1. The standard InChI is InChI=1S/C9H6F6N/c10-8(11,12)6-1-5(4-16)2-7(3-6)9(13,14)15/h1-3,16H,4H2. The zero-order valence-corrected chi connectivity index (χ0v) is 7.71. The Labute approximate surface area is 86.9 Å². The molecule has 1 aromatic rings. The molecule has 0 heterocycles. The zero-order chi connectivity index (χ0) is 12.6. The van der Waals surface area contributed by atoms with Gasteiger partial charge in [-0.25, -0.2) is 0 Å². The minimum atomic E-state index is -4.84. The molecule has 0 fully saturated rings. The Balaban J connectivity index is 3.33. The number of rotatable bonds is 1. The Morgan fingerprint density at radius 2 is 1.19 bits per heavy atom. The van der Waals surface area contributed by atoms with Gasteiger partial charge in [0.1, 0.15) is 0 Å². The van der Waals surface area contributed by atoms with Gasteiger partial charge in [-0.05, 0) is 23.8 Å². The molecule has 0 atom stereocenters. The summed E-state index contributed by atoms with van der Waals surface area (Å²) >= 11 is 0. The van der Waals surface area contributed by atoms with E-state index in [4.69, 9.17) is 5.73 Å². The average molecular weight is 242 g/mol. The fourth-order valence-corrected chi connectivity index (χ4v) is 1.12. The van der Waals surface area contributed by atoms with Gasteiger partial charge in [0.25, 0.3) is 0 Å². The lowest BCUT2D eigenvalue weighted by Gasteiger charge is -2.13. The van der Waals surface area contributed by atoms with Crippen molar-refractivity contribution in [3.8, 4) is 0 Å². The van der Waals surface area contributed by atoms with Crippen molar-refractivity contribution in [1.29, 1.82) is 0 Å². The smallest absolute Gasteiger partial charge is 0.253 e. The Kier molecular flexibility index (Phi) is 3.18. The Morgan fingerprint density at radius 3 is 1.44 bits per heavy atom. The molecule has 1 N–H and O–H groups in total. The van der Waals surface area contributed by atoms with E-state index in [9.17, 15) is 26.3 Å². The lowest BCUT2D eigenvalue weighted by atomic mass is 10.0. The predicted molar refractivity (Wildman–Crippen MR) is 43.2 cm³/mol. The molecule has 0 aliphatic rings. The third-order valence-corrected chi connectivity index (χ3v) is 1.85. The molecule has 1 nitrogen and oxygen atoms in total. The van der Waals surface area contributed by atoms with Gasteiger partial charge in [-0.15, -0.1) is 0 Å². The summed E-state index contributed by atoms with van der Waals surface area (Å²) in [4.78, 5) is 0. The summed E-state index contributed by atoms with van der Waals surface area (Å²) in [6.45, 7) is -0.632. The van der Waals surface area contributed by atoms with Gasteiger partial charge in [0.15, 0.2) is 0 Å². The van der Waals surface area contributed by atoms with Crippen molar-refractivity contribution in [2.45, 2.75) is 18.9 Å². The molecular formula is C9H6F6N. The highest BCUT2D eigenvalue weighted by Crippen LogP contribution is 2.36. The minimum Gasteiger partial charge on any atom is -0.253 e. The molecule has 0 amide bonds. The summed E-state index contributed by atoms with van der Waals surface area (Å²) < 4.78 is 73.5. The van der Waals surface area contributed by atoms with Gasteiger partial charge in [0, 0.05) is 6.54 Å². The van der Waals surface area contributed by atoms with Crippen molar-refractivity contribution in [3.63, 3.8) is 0 Å². The highest BCUT2D eigenvalue weighted by Gasteiger charge is 2.36. The van der Waals surface area contributed by atoms with Gasteiger partial charge in [-0.1, -0.05) is 0 Å². The largest absolute Gasteiger partial charge is 0.416 e. The lowest BCUT2D eigenvalue weighted by molar-refractivity contribution is -0.143. The quantitative estimate of drug-likeness (QED) is 0.673. The summed E-state index contributed by atoms with van der Waals surface area (Å²) in [5.41, 5.74) is 3.72. The van der Waals surface area contributed by atoms with Crippen LogP contribution in [0.3, 0.4) is 0 Å². The zero-order valence-electron chi connectivity index (χ0n) is 7.71. The average Bonchev–Trinajstić information content (AvgIpc) is 2.14. The van der Waals surface area contributed by atoms with Crippen molar-refractivity contribution in [2.24, 2.45) is 0 Å². The van der Waals surface area contributed by atoms with E-state index >= 15 is 0 Å². The first-order chi connectivity index (χ1) is 7.14. The topological polar surface area (TPSA) is 23.8 Å². The molecular weight excluding hydrogens is 236 g/mol. The number of halogens is 6. The maximum Gasteiger partial charge on any atom is 0.416 e. The second-order valence-corrected chi connectivity index (χ2v) is 3.09. The molecule has 16 heavy (non-hydrogen) atoms. The Morgan fingerprint density at radius 1 is 0.812 bits per heavy atom. The van der Waals surface area contributed by atoms with Gasteiger partial charge in [0.2, 0.25) is 0 Å². The number of alkyl halides is 6. The summed E-state index contributed by atoms with van der Waals surface area (Å²) in [6.07, 6.45) is -9.68. The monoisotopic (exact) mass is 242 g/mol. The van der Waals surface area contributed by atoms with E-state index in [0.717, 1.165) is 0 Å². The molecule has 1 radical (unpaired) electrons. The van der Waals surface area contributed by atoms with Crippen molar-refractivity contribution < 1.29 is 26.3 Å². The first-order valence-electron chi connectivity index (χ1n) is 4.07. The Hall–Kier alpha value is -1.24. The molecule has 7 heteroatoms. The maximum absolute atomic E-state index is 12.2. The molecule has 0 saturated heterocycles. The second kappa shape index (κ2) is 3.97. The third-order valence-electron chi connectivity index (χ3n) is 1.85. The summed E-state index contributed by atoms with van der Waals surface area (Å²) in [6, 6.07) is 1.13. The molecule has 0 saturated carbocycles. The molecule has 89 valence electrons. The van der Waals surface area contributed by atoms with Gasteiger partial charge in [-0.3, -0.25) is 5.73 Å². The van der Waals surface area contributed by atoms with Crippen molar-refractivity contribution in [2.75, 3.05) is 0 Å². The lowest BCUT2D eigenvalue weighted by Crippen LogP contribution is -2.11. The van der Waals surface area contributed by atoms with Gasteiger partial charge in [-0.2, -0.15) is 26.3 Å². The highest BCUT2D eigenvalue weighted by atomic mass is 19.4. The van der Waals surface area contributed by atoms with Crippen molar-refractivity contribution in [1.82, 2.24) is 5.73 Å². The van der Waals surface area contributed by atoms with E-state index in [1.807, 2.05) is 0 Å². The minimum absolute atomic E-state index is 0.0408. The van der Waals surface area contributed by atoms with E-state index in [0.29, 0.717) is 12.1 Å². The molecule has 0 aromatic heterocycles. The number of benzene rings is 1. The fraction of sp³-hybridized carbons (Fsp3) is 0.333. The Bertz CT molecular complexity index is 346. The molecule has 0 aliphatic carbocycles. The fourth-order valence-electron chi connectivity index (χ4n) is 1.12. The normalized spacial score (nSPS) is 12.9. The van der Waals surface area contributed by atoms with Crippen LogP contribution < -0.4 is 5.73 Å². The van der Waals surface area contributed by atoms with Crippen LogP contribution in [-0.2, 0) is 18.9 Å². The first kappa shape index (κ1) is 12.8. The van der Waals surface area contributed by atoms with E-state index < -0.39 is 30.0 Å². The van der Waals surface area contributed by atoms with Crippen LogP contribution in [0.25, 0.3) is 0 Å². The van der Waals surface area contributed by atoms with Crippen LogP contribution in [0.1, 0.15) is 16.7 Å². The molecule has 0 spiro atoms. The van der Waals surface area contributed by atoms with Crippen molar-refractivity contribution >= 4 is 0 Å². The van der Waals surface area contributed by atoms with Crippen LogP contribution in [-0.4, -0.2) is 0 Å². The number of hydrogen-bond donors (Lipinski definition) is 0. The van der Waals surface area contributed by atoms with Crippen molar-refractivity contribution in [3.05, 3.63) is 34.9 Å². The van der Waals surface area contributed by atoms with E-state index in [1.54, 1.807) is 0 Å². The van der Waals surface area contributed by atoms with Gasteiger partial charge < -0.3 is 0 Å². The van der Waals surface area contributed by atoms with Crippen LogP contribution in [0.4, 0.5) is 26.3 Å². The molecule has 0 aliphatic heterocycles. The van der Waals surface area contributed by atoms with Crippen LogP contribution >= 0.6 is 0 Å². The second-order valence-electron chi connectivity index (χ2n) is 3.09. The van der Waals surface area contributed by atoms with Crippen LogP contribution in [0.15, 0.2) is 18.2 Å². The molecule has 1 aromatic carbocycles. The van der Waals surface area contributed by atoms with Gasteiger partial charge >= 0.3 is 12.4 Å². The number of hydrogen-bond acceptors (Lipinski definition) is 0. The maximum atomic E-state index is 12.2. The first-order valence-corrected chi connectivity index (χ1v) is 4.07. The van der Waals surface area contributed by atoms with Crippen LogP contribution in [0.5, 0.6) is 0 Å². The van der Waals surface area contributed by atoms with E-state index in [-0.39, 0.29) is 11.6 Å². The SMILES string of the molecule is [NH]Cc1cc(C(F)(F)F)cc(C(F)(F)F)c1. The van der Waals surface area contributed by atoms with E-state index in [2.05, 4.69) is 0 Å². The van der Waals surface area contributed by atoms with E-state index in [1.165, 1.54) is 0 Å². The van der Waals surface area contributed by atoms with Crippen LogP contribution in [0.2, 0.25) is 0 Å².